The standard InChI is InChI=1S/C13H13F3O3S/c14-13(15,16)20(17,18)19-12-8-4-7-11(12)9-10-5-2-1-3-6-10/h1-3,5-6,8,11H,4,7,9H2. The number of rotatable bonds is 4. The molecule has 0 aromatic heterocycles. The maximum absolute atomic E-state index is 12.3. The average molecular weight is 306 g/mol. The highest BCUT2D eigenvalue weighted by molar-refractivity contribution is 7.87. The van der Waals surface area contributed by atoms with Crippen LogP contribution >= 0.6 is 0 Å². The highest BCUT2D eigenvalue weighted by Crippen LogP contribution is 2.34. The molecule has 7 heteroatoms. The number of hydrogen-bond acceptors (Lipinski definition) is 3. The van der Waals surface area contributed by atoms with Gasteiger partial charge in [0.2, 0.25) is 0 Å². The van der Waals surface area contributed by atoms with Crippen LogP contribution in [0.5, 0.6) is 0 Å². The minimum absolute atomic E-state index is 0.105. The molecule has 1 atom stereocenters. The van der Waals surface area contributed by atoms with Gasteiger partial charge >= 0.3 is 15.6 Å². The lowest BCUT2D eigenvalue weighted by molar-refractivity contribution is -0.0526. The minimum atomic E-state index is -5.57. The van der Waals surface area contributed by atoms with Crippen molar-refractivity contribution in [3.8, 4) is 0 Å². The van der Waals surface area contributed by atoms with Crippen molar-refractivity contribution in [2.24, 2.45) is 5.92 Å². The van der Waals surface area contributed by atoms with Crippen molar-refractivity contribution >= 4 is 10.1 Å². The van der Waals surface area contributed by atoms with Crippen LogP contribution in [0.4, 0.5) is 13.2 Å². The first-order chi connectivity index (χ1) is 9.29. The molecule has 0 radical (unpaired) electrons. The summed E-state index contributed by atoms with van der Waals surface area (Å²) in [7, 11) is -5.57. The van der Waals surface area contributed by atoms with Crippen molar-refractivity contribution in [3.05, 3.63) is 47.7 Å². The lowest BCUT2D eigenvalue weighted by Gasteiger charge is -2.16. The minimum Gasteiger partial charge on any atom is -0.381 e. The predicted octanol–water partition coefficient (Wildman–Crippen LogP) is 3.39. The Morgan fingerprint density at radius 3 is 2.45 bits per heavy atom. The average Bonchev–Trinajstić information content (AvgIpc) is 2.76. The molecule has 0 N–H and O–H groups in total. The van der Waals surface area contributed by atoms with Gasteiger partial charge in [0.1, 0.15) is 5.76 Å². The Labute approximate surface area is 115 Å². The van der Waals surface area contributed by atoms with E-state index >= 15 is 0 Å². The summed E-state index contributed by atoms with van der Waals surface area (Å²) in [6, 6.07) is 9.16. The van der Waals surface area contributed by atoms with Crippen LogP contribution in [0.25, 0.3) is 0 Å². The molecule has 110 valence electrons. The third-order valence-electron chi connectivity index (χ3n) is 3.08. The Morgan fingerprint density at radius 2 is 1.85 bits per heavy atom. The van der Waals surface area contributed by atoms with Gasteiger partial charge in [-0.1, -0.05) is 30.3 Å². The van der Waals surface area contributed by atoms with E-state index in [2.05, 4.69) is 4.18 Å². The SMILES string of the molecule is O=S(=O)(OC1=CCCC1Cc1ccccc1)C(F)(F)F. The molecule has 0 bridgehead atoms. The highest BCUT2D eigenvalue weighted by atomic mass is 32.2. The fraction of sp³-hybridized carbons (Fsp3) is 0.385. The maximum Gasteiger partial charge on any atom is 0.534 e. The molecule has 1 aromatic carbocycles. The summed E-state index contributed by atoms with van der Waals surface area (Å²) in [5.74, 6) is -0.444. The van der Waals surface area contributed by atoms with Gasteiger partial charge in [0.05, 0.1) is 0 Å². The zero-order chi connectivity index (χ0) is 14.8. The lowest BCUT2D eigenvalue weighted by Crippen LogP contribution is -2.26. The van der Waals surface area contributed by atoms with Crippen LogP contribution in [-0.2, 0) is 20.7 Å². The topological polar surface area (TPSA) is 43.4 Å². The predicted molar refractivity (Wildman–Crippen MR) is 67.0 cm³/mol. The van der Waals surface area contributed by atoms with Crippen molar-refractivity contribution < 1.29 is 25.8 Å². The first-order valence-electron chi connectivity index (χ1n) is 6.04. The zero-order valence-electron chi connectivity index (χ0n) is 10.4. The summed E-state index contributed by atoms with van der Waals surface area (Å²) < 4.78 is 63.2. The highest BCUT2D eigenvalue weighted by Gasteiger charge is 2.49. The number of allylic oxidation sites excluding steroid dienone is 2. The third-order valence-corrected chi connectivity index (χ3v) is 4.06. The van der Waals surface area contributed by atoms with Gasteiger partial charge in [-0.3, -0.25) is 0 Å². The van der Waals surface area contributed by atoms with Crippen LogP contribution in [0.2, 0.25) is 0 Å². The normalized spacial score (nSPS) is 19.8. The van der Waals surface area contributed by atoms with Crippen LogP contribution in [0.3, 0.4) is 0 Å². The molecule has 1 aliphatic rings. The molecule has 0 spiro atoms. The molecule has 0 heterocycles. The zero-order valence-corrected chi connectivity index (χ0v) is 11.2. The second kappa shape index (κ2) is 5.47. The molecule has 0 aliphatic heterocycles. The maximum atomic E-state index is 12.3. The molecule has 20 heavy (non-hydrogen) atoms. The summed E-state index contributed by atoms with van der Waals surface area (Å²) >= 11 is 0. The van der Waals surface area contributed by atoms with Gasteiger partial charge in [-0.25, -0.2) is 0 Å². The van der Waals surface area contributed by atoms with Crippen LogP contribution in [0, 0.1) is 5.92 Å². The summed E-state index contributed by atoms with van der Waals surface area (Å²) in [6.07, 6.45) is 2.97. The van der Waals surface area contributed by atoms with Crippen molar-refractivity contribution in [1.29, 1.82) is 0 Å². The van der Waals surface area contributed by atoms with Gasteiger partial charge in [-0.05, 0) is 30.9 Å². The van der Waals surface area contributed by atoms with Gasteiger partial charge in [-0.15, -0.1) is 0 Å². The molecule has 1 unspecified atom stereocenters. The molecule has 0 amide bonds. The second-order valence-electron chi connectivity index (χ2n) is 4.55. The van der Waals surface area contributed by atoms with E-state index in [1.807, 2.05) is 30.3 Å². The van der Waals surface area contributed by atoms with Crippen molar-refractivity contribution in [2.75, 3.05) is 0 Å². The summed E-state index contributed by atoms with van der Waals surface area (Å²) in [4.78, 5) is 0. The third kappa shape index (κ3) is 3.33. The fourth-order valence-electron chi connectivity index (χ4n) is 2.11. The van der Waals surface area contributed by atoms with Crippen molar-refractivity contribution in [1.82, 2.24) is 0 Å². The monoisotopic (exact) mass is 306 g/mol. The summed E-state index contributed by atoms with van der Waals surface area (Å²) in [5, 5.41) is 0. The fourth-order valence-corrected chi connectivity index (χ4v) is 2.66. The van der Waals surface area contributed by atoms with E-state index in [-0.39, 0.29) is 11.7 Å². The Balaban J connectivity index is 2.09. The van der Waals surface area contributed by atoms with E-state index in [4.69, 9.17) is 0 Å². The number of halogens is 3. The molecule has 0 fully saturated rings. The molecular formula is C13H13F3O3S. The summed E-state index contributed by atoms with van der Waals surface area (Å²) in [6.45, 7) is 0. The molecule has 2 rings (SSSR count). The largest absolute Gasteiger partial charge is 0.534 e. The van der Waals surface area contributed by atoms with E-state index < -0.39 is 15.6 Å². The number of benzene rings is 1. The van der Waals surface area contributed by atoms with Crippen LogP contribution in [0.15, 0.2) is 42.2 Å². The van der Waals surface area contributed by atoms with Gasteiger partial charge in [-0.2, -0.15) is 21.6 Å². The van der Waals surface area contributed by atoms with Gasteiger partial charge in [0.25, 0.3) is 0 Å². The molecular weight excluding hydrogens is 293 g/mol. The smallest absolute Gasteiger partial charge is 0.381 e. The number of alkyl halides is 3. The molecule has 0 saturated heterocycles. The van der Waals surface area contributed by atoms with Gasteiger partial charge in [0.15, 0.2) is 0 Å². The lowest BCUT2D eigenvalue weighted by atomic mass is 9.98. The van der Waals surface area contributed by atoms with Crippen LogP contribution in [-0.4, -0.2) is 13.9 Å². The quantitative estimate of drug-likeness (QED) is 0.632. The molecule has 1 aromatic rings. The van der Waals surface area contributed by atoms with Gasteiger partial charge in [0, 0.05) is 5.92 Å². The number of hydrogen-bond donors (Lipinski definition) is 0. The Bertz CT molecular complexity index is 591. The van der Waals surface area contributed by atoms with Crippen molar-refractivity contribution in [3.63, 3.8) is 0 Å². The Hall–Kier alpha value is -1.50. The molecule has 1 aliphatic carbocycles. The van der Waals surface area contributed by atoms with Gasteiger partial charge < -0.3 is 4.18 Å². The second-order valence-corrected chi connectivity index (χ2v) is 6.09. The first-order valence-corrected chi connectivity index (χ1v) is 7.45. The van der Waals surface area contributed by atoms with Crippen LogP contribution < -0.4 is 0 Å². The molecule has 0 saturated carbocycles. The van der Waals surface area contributed by atoms with E-state index in [9.17, 15) is 21.6 Å². The van der Waals surface area contributed by atoms with Crippen LogP contribution in [0.1, 0.15) is 18.4 Å². The molecule has 3 nitrogen and oxygen atoms in total. The Morgan fingerprint density at radius 1 is 1.20 bits per heavy atom. The van der Waals surface area contributed by atoms with E-state index in [1.54, 1.807) is 0 Å². The first kappa shape index (κ1) is 14.9. The van der Waals surface area contributed by atoms with E-state index in [0.717, 1.165) is 5.56 Å². The van der Waals surface area contributed by atoms with E-state index in [0.29, 0.717) is 19.3 Å². The summed E-state index contributed by atoms with van der Waals surface area (Å²) in [5.41, 5.74) is -4.47. The Kier molecular flexibility index (Phi) is 4.08. The van der Waals surface area contributed by atoms with E-state index in [1.165, 1.54) is 6.08 Å². The van der Waals surface area contributed by atoms with Crippen molar-refractivity contribution in [2.45, 2.75) is 24.8 Å².